The lowest BCUT2D eigenvalue weighted by molar-refractivity contribution is -0.119. The van der Waals surface area contributed by atoms with Crippen molar-refractivity contribution in [2.45, 2.75) is 32.7 Å². The first-order valence-electron chi connectivity index (χ1n) is 4.06. The lowest BCUT2D eigenvalue weighted by Crippen LogP contribution is -2.41. The third-order valence-corrected chi connectivity index (χ3v) is 2.37. The van der Waals surface area contributed by atoms with Crippen molar-refractivity contribution < 1.29 is 4.79 Å². The number of carbonyl (C=O) groups is 1. The van der Waals surface area contributed by atoms with Gasteiger partial charge in [0.15, 0.2) is 0 Å². The molecule has 0 aromatic carbocycles. The molecule has 11 heavy (non-hydrogen) atoms. The van der Waals surface area contributed by atoms with Crippen molar-refractivity contribution in [1.29, 1.82) is 0 Å². The number of primary amides is 1. The molecule has 3 N–H and O–H groups in total. The zero-order valence-corrected chi connectivity index (χ0v) is 7.18. The summed E-state index contributed by atoms with van der Waals surface area (Å²) in [5, 5.41) is 3.11. The third kappa shape index (κ3) is 2.50. The molecule has 0 spiro atoms. The molecule has 1 atom stereocenters. The summed E-state index contributed by atoms with van der Waals surface area (Å²) in [6, 6.07) is -0.188. The minimum Gasteiger partial charge on any atom is -0.368 e. The average molecular weight is 156 g/mol. The Morgan fingerprint density at radius 3 is 2.64 bits per heavy atom. The monoisotopic (exact) mass is 156 g/mol. The lowest BCUT2D eigenvalue weighted by Gasteiger charge is -2.13. The van der Waals surface area contributed by atoms with E-state index in [1.54, 1.807) is 6.92 Å². The molecule has 1 fully saturated rings. The van der Waals surface area contributed by atoms with E-state index in [1.165, 1.54) is 12.8 Å². The van der Waals surface area contributed by atoms with Crippen LogP contribution in [0.15, 0.2) is 0 Å². The topological polar surface area (TPSA) is 55.1 Å². The van der Waals surface area contributed by atoms with Gasteiger partial charge in [-0.25, -0.2) is 0 Å². The fourth-order valence-corrected chi connectivity index (χ4v) is 0.890. The summed E-state index contributed by atoms with van der Waals surface area (Å²) < 4.78 is 0. The first-order valence-corrected chi connectivity index (χ1v) is 4.06. The summed E-state index contributed by atoms with van der Waals surface area (Å²) in [5.41, 5.74) is 5.53. The highest BCUT2D eigenvalue weighted by molar-refractivity contribution is 5.79. The van der Waals surface area contributed by atoms with Gasteiger partial charge >= 0.3 is 0 Å². The van der Waals surface area contributed by atoms with E-state index in [1.807, 2.05) is 0 Å². The molecular formula is C8H16N2O. The van der Waals surface area contributed by atoms with Crippen LogP contribution in [0.5, 0.6) is 0 Å². The first kappa shape index (κ1) is 8.53. The fourth-order valence-electron chi connectivity index (χ4n) is 0.890. The van der Waals surface area contributed by atoms with E-state index in [-0.39, 0.29) is 11.9 Å². The quantitative estimate of drug-likeness (QED) is 0.613. The summed E-state index contributed by atoms with van der Waals surface area (Å²) in [6.07, 6.45) is 2.54. The van der Waals surface area contributed by atoms with Crippen molar-refractivity contribution in [3.63, 3.8) is 0 Å². The molecule has 1 aliphatic carbocycles. The van der Waals surface area contributed by atoms with E-state index in [2.05, 4.69) is 12.2 Å². The molecule has 0 saturated heterocycles. The first-order chi connectivity index (χ1) is 5.03. The summed E-state index contributed by atoms with van der Waals surface area (Å²) in [7, 11) is 0. The summed E-state index contributed by atoms with van der Waals surface area (Å²) >= 11 is 0. The van der Waals surface area contributed by atoms with Crippen molar-refractivity contribution in [1.82, 2.24) is 5.32 Å². The van der Waals surface area contributed by atoms with Gasteiger partial charge in [0, 0.05) is 6.54 Å². The predicted octanol–water partition coefficient (Wildman–Crippen LogP) is 0.250. The van der Waals surface area contributed by atoms with Crippen molar-refractivity contribution in [2.24, 2.45) is 11.1 Å². The fraction of sp³-hybridized carbons (Fsp3) is 0.875. The van der Waals surface area contributed by atoms with Gasteiger partial charge in [-0.2, -0.15) is 0 Å². The molecule has 3 heteroatoms. The van der Waals surface area contributed by atoms with Crippen LogP contribution in [0.4, 0.5) is 0 Å². The Kier molecular flexibility index (Phi) is 2.18. The van der Waals surface area contributed by atoms with Crippen molar-refractivity contribution in [2.75, 3.05) is 6.54 Å². The molecule has 0 aromatic rings. The van der Waals surface area contributed by atoms with Crippen LogP contribution in [-0.2, 0) is 4.79 Å². The number of carbonyl (C=O) groups excluding carboxylic acids is 1. The number of nitrogens with one attached hydrogen (secondary N) is 1. The average Bonchev–Trinajstić information content (AvgIpc) is 2.64. The van der Waals surface area contributed by atoms with Crippen LogP contribution in [0.25, 0.3) is 0 Å². The molecular weight excluding hydrogens is 140 g/mol. The van der Waals surface area contributed by atoms with Crippen LogP contribution >= 0.6 is 0 Å². The van der Waals surface area contributed by atoms with Crippen molar-refractivity contribution >= 4 is 5.91 Å². The van der Waals surface area contributed by atoms with E-state index >= 15 is 0 Å². The van der Waals surface area contributed by atoms with E-state index in [0.717, 1.165) is 6.54 Å². The van der Waals surface area contributed by atoms with Crippen LogP contribution < -0.4 is 11.1 Å². The molecule has 0 aliphatic heterocycles. The molecule has 0 radical (unpaired) electrons. The SMILES string of the molecule is CC(NCC1(C)CC1)C(N)=O. The molecule has 1 amide bonds. The maximum atomic E-state index is 10.6. The highest BCUT2D eigenvalue weighted by atomic mass is 16.1. The molecule has 1 aliphatic rings. The standard InChI is InChI=1S/C8H16N2O/c1-6(7(9)11)10-5-8(2)3-4-8/h6,10H,3-5H2,1-2H3,(H2,9,11). The normalized spacial score (nSPS) is 22.7. The zero-order valence-electron chi connectivity index (χ0n) is 7.18. The van der Waals surface area contributed by atoms with E-state index in [9.17, 15) is 4.79 Å². The van der Waals surface area contributed by atoms with Crippen molar-refractivity contribution in [3.8, 4) is 0 Å². The number of rotatable bonds is 4. The zero-order chi connectivity index (χ0) is 8.48. The van der Waals surface area contributed by atoms with Crippen LogP contribution in [0, 0.1) is 5.41 Å². The maximum Gasteiger partial charge on any atom is 0.234 e. The minimum absolute atomic E-state index is 0.188. The Morgan fingerprint density at radius 1 is 1.73 bits per heavy atom. The number of amides is 1. The van der Waals surface area contributed by atoms with Gasteiger partial charge in [0.25, 0.3) is 0 Å². The molecule has 0 bridgehead atoms. The Hall–Kier alpha value is -0.570. The Bertz CT molecular complexity index is 163. The molecule has 0 aromatic heterocycles. The second-order valence-electron chi connectivity index (χ2n) is 3.82. The van der Waals surface area contributed by atoms with Crippen LogP contribution in [-0.4, -0.2) is 18.5 Å². The Balaban J connectivity index is 2.16. The number of hydrogen-bond donors (Lipinski definition) is 2. The highest BCUT2D eigenvalue weighted by Gasteiger charge is 2.37. The number of nitrogens with two attached hydrogens (primary N) is 1. The molecule has 64 valence electrons. The maximum absolute atomic E-state index is 10.6. The van der Waals surface area contributed by atoms with Gasteiger partial charge in [-0.3, -0.25) is 4.79 Å². The minimum atomic E-state index is -0.269. The lowest BCUT2D eigenvalue weighted by atomic mass is 10.1. The Labute approximate surface area is 67.3 Å². The van der Waals surface area contributed by atoms with Gasteiger partial charge in [-0.1, -0.05) is 6.92 Å². The molecule has 1 rings (SSSR count). The van der Waals surface area contributed by atoms with E-state index in [0.29, 0.717) is 5.41 Å². The molecule has 1 saturated carbocycles. The van der Waals surface area contributed by atoms with E-state index < -0.39 is 0 Å². The summed E-state index contributed by atoms with van der Waals surface area (Å²) in [4.78, 5) is 10.6. The van der Waals surface area contributed by atoms with Gasteiger partial charge in [-0.05, 0) is 25.2 Å². The van der Waals surface area contributed by atoms with Crippen molar-refractivity contribution in [3.05, 3.63) is 0 Å². The number of hydrogen-bond acceptors (Lipinski definition) is 2. The molecule has 0 heterocycles. The van der Waals surface area contributed by atoms with Crippen LogP contribution in [0.2, 0.25) is 0 Å². The van der Waals surface area contributed by atoms with Gasteiger partial charge in [0.05, 0.1) is 6.04 Å². The second kappa shape index (κ2) is 2.81. The predicted molar refractivity (Wildman–Crippen MR) is 44.0 cm³/mol. The smallest absolute Gasteiger partial charge is 0.234 e. The van der Waals surface area contributed by atoms with Gasteiger partial charge in [-0.15, -0.1) is 0 Å². The van der Waals surface area contributed by atoms with Gasteiger partial charge in [0.2, 0.25) is 5.91 Å². The summed E-state index contributed by atoms with van der Waals surface area (Å²) in [5.74, 6) is -0.269. The largest absolute Gasteiger partial charge is 0.368 e. The molecule has 3 nitrogen and oxygen atoms in total. The summed E-state index contributed by atoms with van der Waals surface area (Å²) in [6.45, 7) is 4.93. The third-order valence-electron chi connectivity index (χ3n) is 2.37. The van der Waals surface area contributed by atoms with Gasteiger partial charge < -0.3 is 11.1 Å². The van der Waals surface area contributed by atoms with Crippen LogP contribution in [0.3, 0.4) is 0 Å². The van der Waals surface area contributed by atoms with Gasteiger partial charge in [0.1, 0.15) is 0 Å². The Morgan fingerprint density at radius 2 is 2.27 bits per heavy atom. The highest BCUT2D eigenvalue weighted by Crippen LogP contribution is 2.44. The van der Waals surface area contributed by atoms with Crippen LogP contribution in [0.1, 0.15) is 26.7 Å². The second-order valence-corrected chi connectivity index (χ2v) is 3.82. The molecule has 1 unspecified atom stereocenters. The van der Waals surface area contributed by atoms with E-state index in [4.69, 9.17) is 5.73 Å².